The monoisotopic (exact) mass is 248 g/mol. The van der Waals surface area contributed by atoms with Gasteiger partial charge in [-0.3, -0.25) is 4.79 Å². The zero-order valence-corrected chi connectivity index (χ0v) is 8.22. The van der Waals surface area contributed by atoms with Gasteiger partial charge >= 0.3 is 5.92 Å². The van der Waals surface area contributed by atoms with E-state index in [1.54, 1.807) is 24.3 Å². The minimum Gasteiger partial charge on any atom is -0.297 e. The summed E-state index contributed by atoms with van der Waals surface area (Å²) >= 11 is 3.13. The molecule has 1 rings (SSSR count). The maximum absolute atomic E-state index is 12.6. The first kappa shape index (κ1) is 10.3. The molecule has 0 aliphatic rings. The Morgan fingerprint density at radius 2 is 2.00 bits per heavy atom. The summed E-state index contributed by atoms with van der Waals surface area (Å²) in [5, 5.41) is 0. The van der Waals surface area contributed by atoms with Crippen molar-refractivity contribution in [1.29, 1.82) is 0 Å². The molecule has 0 heterocycles. The van der Waals surface area contributed by atoms with Crippen molar-refractivity contribution in [2.24, 2.45) is 0 Å². The lowest BCUT2D eigenvalue weighted by Gasteiger charge is -2.09. The van der Waals surface area contributed by atoms with Gasteiger partial charge in [-0.1, -0.05) is 34.1 Å². The Morgan fingerprint density at radius 3 is 2.54 bits per heavy atom. The smallest absolute Gasteiger partial charge is 0.297 e. The van der Waals surface area contributed by atoms with Crippen molar-refractivity contribution < 1.29 is 13.6 Å². The highest BCUT2D eigenvalue weighted by molar-refractivity contribution is 9.10. The van der Waals surface area contributed by atoms with E-state index in [2.05, 4.69) is 15.9 Å². The zero-order valence-electron chi connectivity index (χ0n) is 6.64. The number of hydrogen-bond acceptors (Lipinski definition) is 1. The topological polar surface area (TPSA) is 17.1 Å². The van der Waals surface area contributed by atoms with E-state index >= 15 is 0 Å². The van der Waals surface area contributed by atoms with Crippen molar-refractivity contribution in [3.8, 4) is 0 Å². The fourth-order valence-electron chi connectivity index (χ4n) is 0.937. The minimum absolute atomic E-state index is 0.327. The van der Waals surface area contributed by atoms with Crippen molar-refractivity contribution >= 4 is 22.2 Å². The molecular formula is C9H7BrF2O. The van der Waals surface area contributed by atoms with Crippen molar-refractivity contribution in [2.75, 3.05) is 0 Å². The highest BCUT2D eigenvalue weighted by Gasteiger charge is 2.28. The summed E-state index contributed by atoms with van der Waals surface area (Å²) in [6.07, 6.45) is -0.885. The van der Waals surface area contributed by atoms with Crippen LogP contribution < -0.4 is 0 Å². The first-order valence-electron chi connectivity index (χ1n) is 3.63. The Bertz CT molecular complexity index is 312. The van der Waals surface area contributed by atoms with E-state index in [1.165, 1.54) is 0 Å². The highest BCUT2D eigenvalue weighted by atomic mass is 79.9. The van der Waals surface area contributed by atoms with Crippen LogP contribution in [0.4, 0.5) is 8.78 Å². The Balaban J connectivity index is 2.86. The third kappa shape index (κ3) is 2.88. The minimum atomic E-state index is -3.27. The molecule has 0 atom stereocenters. The number of carbonyl (C=O) groups excluding carboxylic acids is 1. The molecule has 4 heteroatoms. The van der Waals surface area contributed by atoms with E-state index in [0.29, 0.717) is 10.0 Å². The molecule has 0 amide bonds. The van der Waals surface area contributed by atoms with Gasteiger partial charge in [0.05, 0.1) is 0 Å². The summed E-state index contributed by atoms with van der Waals surface area (Å²) in [6.45, 7) is 0. The molecule has 1 aromatic rings. The average molecular weight is 249 g/mol. The molecule has 1 aromatic carbocycles. The second kappa shape index (κ2) is 3.96. The first-order chi connectivity index (χ1) is 6.05. The van der Waals surface area contributed by atoms with Crippen LogP contribution >= 0.6 is 15.9 Å². The van der Waals surface area contributed by atoms with Gasteiger partial charge in [0, 0.05) is 10.9 Å². The predicted molar refractivity (Wildman–Crippen MR) is 48.9 cm³/mol. The molecule has 0 bridgehead atoms. The Labute approximate surface area is 82.9 Å². The molecule has 0 saturated heterocycles. The molecule has 0 aliphatic carbocycles. The summed E-state index contributed by atoms with van der Waals surface area (Å²) in [7, 11) is 0. The van der Waals surface area contributed by atoms with Crippen molar-refractivity contribution in [2.45, 2.75) is 12.3 Å². The van der Waals surface area contributed by atoms with Crippen LogP contribution in [-0.4, -0.2) is 12.2 Å². The third-order valence-electron chi connectivity index (χ3n) is 1.56. The number of benzene rings is 1. The molecule has 0 unspecified atom stereocenters. The summed E-state index contributed by atoms with van der Waals surface area (Å²) in [6, 6.07) is 6.60. The molecule has 0 saturated carbocycles. The van der Waals surface area contributed by atoms with Crippen LogP contribution in [0.2, 0.25) is 0 Å². The van der Waals surface area contributed by atoms with Gasteiger partial charge in [0.25, 0.3) is 0 Å². The van der Waals surface area contributed by atoms with Crippen molar-refractivity contribution in [3.63, 3.8) is 0 Å². The lowest BCUT2D eigenvalue weighted by atomic mass is 10.1. The lowest BCUT2D eigenvalue weighted by molar-refractivity contribution is -0.128. The zero-order chi connectivity index (χ0) is 9.90. The molecule has 0 aromatic heterocycles. The van der Waals surface area contributed by atoms with Gasteiger partial charge in [0.15, 0.2) is 6.29 Å². The fraction of sp³-hybridized carbons (Fsp3) is 0.222. The van der Waals surface area contributed by atoms with Gasteiger partial charge in [-0.05, 0) is 11.6 Å². The summed E-state index contributed by atoms with van der Waals surface area (Å²) in [5.74, 6) is -3.27. The van der Waals surface area contributed by atoms with Gasteiger partial charge < -0.3 is 0 Å². The highest BCUT2D eigenvalue weighted by Crippen LogP contribution is 2.23. The predicted octanol–water partition coefficient (Wildman–Crippen LogP) is 2.83. The molecule has 1 nitrogen and oxygen atoms in total. The van der Waals surface area contributed by atoms with E-state index in [-0.39, 0.29) is 6.29 Å². The average Bonchev–Trinajstić information content (AvgIpc) is 2.09. The van der Waals surface area contributed by atoms with Crippen LogP contribution in [0.3, 0.4) is 0 Å². The third-order valence-corrected chi connectivity index (χ3v) is 2.33. The first-order valence-corrected chi connectivity index (χ1v) is 4.42. The van der Waals surface area contributed by atoms with Gasteiger partial charge in [-0.2, -0.15) is 8.78 Å². The second-order valence-electron chi connectivity index (χ2n) is 2.65. The molecule has 0 N–H and O–H groups in total. The normalized spacial score (nSPS) is 11.3. The van der Waals surface area contributed by atoms with Gasteiger partial charge in [0.1, 0.15) is 0 Å². The van der Waals surface area contributed by atoms with Crippen LogP contribution in [0.5, 0.6) is 0 Å². The van der Waals surface area contributed by atoms with E-state index in [9.17, 15) is 13.6 Å². The van der Waals surface area contributed by atoms with Gasteiger partial charge in [-0.15, -0.1) is 0 Å². The van der Waals surface area contributed by atoms with Crippen LogP contribution in [-0.2, 0) is 11.2 Å². The summed E-state index contributed by atoms with van der Waals surface area (Å²) in [4.78, 5) is 9.98. The van der Waals surface area contributed by atoms with Crippen LogP contribution in [0.1, 0.15) is 5.56 Å². The number of rotatable bonds is 3. The summed E-state index contributed by atoms with van der Waals surface area (Å²) in [5.41, 5.74) is 0.430. The lowest BCUT2D eigenvalue weighted by Crippen LogP contribution is -2.21. The number of halogens is 3. The van der Waals surface area contributed by atoms with E-state index < -0.39 is 12.3 Å². The standard InChI is InChI=1S/C9H7BrF2O/c10-8-4-2-1-3-7(8)5-9(11,12)6-13/h1-4,6H,5H2. The number of hydrogen-bond donors (Lipinski definition) is 0. The van der Waals surface area contributed by atoms with Crippen LogP contribution in [0.15, 0.2) is 28.7 Å². The van der Waals surface area contributed by atoms with Gasteiger partial charge in [0.2, 0.25) is 0 Å². The SMILES string of the molecule is O=CC(F)(F)Cc1ccccc1Br. The largest absolute Gasteiger partial charge is 0.306 e. The maximum atomic E-state index is 12.6. The van der Waals surface area contributed by atoms with Crippen molar-refractivity contribution in [1.82, 2.24) is 0 Å². The van der Waals surface area contributed by atoms with Crippen LogP contribution in [0.25, 0.3) is 0 Å². The summed E-state index contributed by atoms with van der Waals surface area (Å²) < 4.78 is 25.9. The second-order valence-corrected chi connectivity index (χ2v) is 3.50. The molecule has 0 radical (unpaired) electrons. The van der Waals surface area contributed by atoms with E-state index in [0.717, 1.165) is 0 Å². The Hall–Kier alpha value is -0.770. The molecular weight excluding hydrogens is 242 g/mol. The quantitative estimate of drug-likeness (QED) is 0.753. The van der Waals surface area contributed by atoms with Crippen LogP contribution in [0, 0.1) is 0 Å². The van der Waals surface area contributed by atoms with E-state index in [4.69, 9.17) is 0 Å². The fourth-order valence-corrected chi connectivity index (χ4v) is 1.36. The van der Waals surface area contributed by atoms with Crippen molar-refractivity contribution in [3.05, 3.63) is 34.3 Å². The molecule has 0 fully saturated rings. The Morgan fingerprint density at radius 1 is 1.38 bits per heavy atom. The maximum Gasteiger partial charge on any atom is 0.306 e. The van der Waals surface area contributed by atoms with Gasteiger partial charge in [-0.25, -0.2) is 0 Å². The molecule has 0 spiro atoms. The molecule has 70 valence electrons. The number of carbonyl (C=O) groups is 1. The number of aldehydes is 1. The van der Waals surface area contributed by atoms with E-state index in [1.807, 2.05) is 0 Å². The molecule has 0 aliphatic heterocycles. The Kier molecular flexibility index (Phi) is 3.14. The molecule has 13 heavy (non-hydrogen) atoms. The number of alkyl halides is 2.